The predicted molar refractivity (Wildman–Crippen MR) is 97.3 cm³/mol. The molecule has 3 rings (SSSR count). The van der Waals surface area contributed by atoms with Crippen LogP contribution in [0.3, 0.4) is 0 Å². The van der Waals surface area contributed by atoms with Crippen molar-refractivity contribution in [1.29, 1.82) is 5.26 Å². The summed E-state index contributed by atoms with van der Waals surface area (Å²) >= 11 is 0. The Kier molecular flexibility index (Phi) is 5.36. The van der Waals surface area contributed by atoms with E-state index in [-0.39, 0.29) is 0 Å². The van der Waals surface area contributed by atoms with Crippen molar-refractivity contribution in [2.75, 3.05) is 6.54 Å². The average molecular weight is 384 g/mol. The highest BCUT2D eigenvalue weighted by atomic mass is 19.3. The van der Waals surface area contributed by atoms with Crippen molar-refractivity contribution in [1.82, 2.24) is 15.2 Å². The first-order valence-electron chi connectivity index (χ1n) is 8.70. The molecule has 2 heterocycles. The van der Waals surface area contributed by atoms with E-state index in [1.165, 1.54) is 19.2 Å². The number of nitrogens with zero attached hydrogens (tertiary/aromatic N) is 3. The Labute approximate surface area is 160 Å². The highest BCUT2D eigenvalue weighted by Crippen LogP contribution is 2.32. The maximum atomic E-state index is 13.6. The van der Waals surface area contributed by atoms with Gasteiger partial charge in [-0.1, -0.05) is 30.3 Å². The van der Waals surface area contributed by atoms with E-state index in [9.17, 15) is 18.4 Å². The van der Waals surface area contributed by atoms with Crippen LogP contribution in [0, 0.1) is 11.3 Å². The van der Waals surface area contributed by atoms with Gasteiger partial charge < -0.3 is 10.2 Å². The quantitative estimate of drug-likeness (QED) is 0.878. The number of alkyl halides is 2. The zero-order chi connectivity index (χ0) is 20.3. The second-order valence-corrected chi connectivity index (χ2v) is 6.65. The summed E-state index contributed by atoms with van der Waals surface area (Å²) in [7, 11) is 0. The Morgan fingerprint density at radius 1 is 1.32 bits per heavy atom. The monoisotopic (exact) mass is 384 g/mol. The molecule has 28 heavy (non-hydrogen) atoms. The van der Waals surface area contributed by atoms with E-state index >= 15 is 0 Å². The van der Waals surface area contributed by atoms with Gasteiger partial charge >= 0.3 is 0 Å². The lowest BCUT2D eigenvalue weighted by molar-refractivity contribution is -0.134. The summed E-state index contributed by atoms with van der Waals surface area (Å²) in [6.45, 7) is 0.587. The number of halogens is 2. The number of hydrogen-bond donors (Lipinski definition) is 1. The topological polar surface area (TPSA) is 86.1 Å². The highest BCUT2D eigenvalue weighted by Gasteiger charge is 2.48. The van der Waals surface area contributed by atoms with E-state index in [0.29, 0.717) is 11.1 Å². The van der Waals surface area contributed by atoms with Gasteiger partial charge in [0.2, 0.25) is 5.91 Å². The van der Waals surface area contributed by atoms with Gasteiger partial charge in [-0.25, -0.2) is 8.78 Å². The third-order valence-corrected chi connectivity index (χ3v) is 4.57. The van der Waals surface area contributed by atoms with Crippen molar-refractivity contribution in [3.8, 4) is 17.2 Å². The summed E-state index contributed by atoms with van der Waals surface area (Å²) in [6, 6.07) is 10.1. The molecule has 1 N–H and O–H groups in total. The first-order valence-corrected chi connectivity index (χ1v) is 8.70. The van der Waals surface area contributed by atoms with Crippen LogP contribution in [0.15, 0.2) is 48.8 Å². The lowest BCUT2D eigenvalue weighted by Crippen LogP contribution is -2.48. The van der Waals surface area contributed by atoms with Crippen LogP contribution in [0.2, 0.25) is 0 Å². The molecule has 2 amide bonds. The molecule has 2 atom stereocenters. The molecule has 1 aliphatic rings. The lowest BCUT2D eigenvalue weighted by Gasteiger charge is -2.24. The van der Waals surface area contributed by atoms with E-state index in [1.54, 1.807) is 12.3 Å². The number of hydrogen-bond acceptors (Lipinski definition) is 4. The van der Waals surface area contributed by atoms with E-state index in [0.717, 1.165) is 10.5 Å². The van der Waals surface area contributed by atoms with E-state index in [1.807, 2.05) is 30.3 Å². The van der Waals surface area contributed by atoms with Gasteiger partial charge in [-0.05, 0) is 18.6 Å². The van der Waals surface area contributed by atoms with Crippen molar-refractivity contribution in [3.63, 3.8) is 0 Å². The standard InChI is InChI=1S/C20H18F2N4O2/c1-13(19(28)26-12-20(21,22)9-15(26)10-23)25-18(27)16-7-8-24-11-17(16)14-5-3-2-4-6-14/h2-8,11,13,15H,9,12H2,1H3,(H,25,27)/t13-,15-/m0/s1. The van der Waals surface area contributed by atoms with Crippen LogP contribution in [-0.2, 0) is 4.79 Å². The number of nitrogens with one attached hydrogen (secondary N) is 1. The Morgan fingerprint density at radius 3 is 2.71 bits per heavy atom. The number of likely N-dealkylation sites (tertiary alicyclic amines) is 1. The van der Waals surface area contributed by atoms with Crippen molar-refractivity contribution < 1.29 is 18.4 Å². The predicted octanol–water partition coefficient (Wildman–Crippen LogP) is 2.63. The van der Waals surface area contributed by atoms with Crippen molar-refractivity contribution in [3.05, 3.63) is 54.4 Å². The SMILES string of the molecule is C[C@H](NC(=O)c1ccncc1-c1ccccc1)C(=O)N1CC(F)(F)C[C@H]1C#N. The molecule has 144 valence electrons. The number of carbonyl (C=O) groups is 2. The molecule has 1 aromatic carbocycles. The number of benzene rings is 1. The summed E-state index contributed by atoms with van der Waals surface area (Å²) in [4.78, 5) is 30.1. The molecule has 0 saturated carbocycles. The van der Waals surface area contributed by atoms with Crippen LogP contribution in [-0.4, -0.2) is 46.2 Å². The molecule has 1 aromatic heterocycles. The van der Waals surface area contributed by atoms with Crippen LogP contribution in [0.1, 0.15) is 23.7 Å². The van der Waals surface area contributed by atoms with Gasteiger partial charge in [-0.2, -0.15) is 5.26 Å². The molecular weight excluding hydrogens is 366 g/mol. The van der Waals surface area contributed by atoms with Gasteiger partial charge in [0.1, 0.15) is 12.1 Å². The van der Waals surface area contributed by atoms with Crippen LogP contribution in [0.4, 0.5) is 8.78 Å². The van der Waals surface area contributed by atoms with Gasteiger partial charge in [-0.3, -0.25) is 14.6 Å². The zero-order valence-corrected chi connectivity index (χ0v) is 15.1. The zero-order valence-electron chi connectivity index (χ0n) is 15.1. The van der Waals surface area contributed by atoms with Crippen molar-refractivity contribution >= 4 is 11.8 Å². The third kappa shape index (κ3) is 3.98. The normalized spacial score (nSPS) is 18.9. The molecule has 1 aliphatic heterocycles. The molecule has 2 aromatic rings. The molecule has 1 fully saturated rings. The second-order valence-electron chi connectivity index (χ2n) is 6.65. The molecule has 0 spiro atoms. The van der Waals surface area contributed by atoms with Gasteiger partial charge in [0.25, 0.3) is 11.8 Å². The lowest BCUT2D eigenvalue weighted by atomic mass is 10.0. The number of nitriles is 1. The highest BCUT2D eigenvalue weighted by molar-refractivity contribution is 6.02. The van der Waals surface area contributed by atoms with Crippen LogP contribution >= 0.6 is 0 Å². The molecular formula is C20H18F2N4O2. The first kappa shape index (κ1) is 19.4. The molecule has 0 unspecified atom stereocenters. The van der Waals surface area contributed by atoms with Crippen molar-refractivity contribution in [2.24, 2.45) is 0 Å². The number of rotatable bonds is 4. The van der Waals surface area contributed by atoms with Gasteiger partial charge in [-0.15, -0.1) is 0 Å². The minimum atomic E-state index is -3.11. The summed E-state index contributed by atoms with van der Waals surface area (Å²) in [5, 5.41) is 11.6. The Balaban J connectivity index is 1.77. The number of amides is 2. The summed E-state index contributed by atoms with van der Waals surface area (Å²) in [6.07, 6.45) is 2.31. The van der Waals surface area contributed by atoms with Gasteiger partial charge in [0, 0.05) is 24.4 Å². The minimum Gasteiger partial charge on any atom is -0.340 e. The molecule has 0 aliphatic carbocycles. The van der Waals surface area contributed by atoms with Gasteiger partial charge in [0.05, 0.1) is 18.2 Å². The van der Waals surface area contributed by atoms with Crippen LogP contribution < -0.4 is 5.32 Å². The maximum Gasteiger partial charge on any atom is 0.268 e. The summed E-state index contributed by atoms with van der Waals surface area (Å²) in [5.41, 5.74) is 1.68. The second kappa shape index (κ2) is 7.72. The molecule has 1 saturated heterocycles. The molecule has 0 radical (unpaired) electrons. The van der Waals surface area contributed by atoms with E-state index in [4.69, 9.17) is 5.26 Å². The molecule has 6 nitrogen and oxygen atoms in total. The van der Waals surface area contributed by atoms with Gasteiger partial charge in [0.15, 0.2) is 0 Å². The van der Waals surface area contributed by atoms with Crippen LogP contribution in [0.5, 0.6) is 0 Å². The smallest absolute Gasteiger partial charge is 0.268 e. The minimum absolute atomic E-state index is 0.310. The summed E-state index contributed by atoms with van der Waals surface area (Å²) < 4.78 is 27.2. The average Bonchev–Trinajstić information content (AvgIpc) is 3.02. The fourth-order valence-electron chi connectivity index (χ4n) is 3.19. The number of carbonyl (C=O) groups excluding carboxylic acids is 2. The summed E-state index contributed by atoms with van der Waals surface area (Å²) in [5.74, 6) is -4.35. The third-order valence-electron chi connectivity index (χ3n) is 4.57. The molecule has 0 bridgehead atoms. The maximum absolute atomic E-state index is 13.6. The number of aromatic nitrogens is 1. The fraction of sp³-hybridized carbons (Fsp3) is 0.300. The van der Waals surface area contributed by atoms with Crippen LogP contribution in [0.25, 0.3) is 11.1 Å². The number of pyridine rings is 1. The first-order chi connectivity index (χ1) is 13.3. The van der Waals surface area contributed by atoms with E-state index < -0.39 is 42.8 Å². The Hall–Kier alpha value is -3.34. The molecule has 8 heteroatoms. The van der Waals surface area contributed by atoms with E-state index in [2.05, 4.69) is 10.3 Å². The Morgan fingerprint density at radius 2 is 2.04 bits per heavy atom. The fourth-order valence-corrected chi connectivity index (χ4v) is 3.19. The Bertz CT molecular complexity index is 927. The largest absolute Gasteiger partial charge is 0.340 e. The van der Waals surface area contributed by atoms with Crippen molar-refractivity contribution in [2.45, 2.75) is 31.4 Å².